The minimum atomic E-state index is 0.309. The number of benzene rings is 2. The molecule has 0 aliphatic rings. The second-order valence-corrected chi connectivity index (χ2v) is 5.48. The predicted molar refractivity (Wildman–Crippen MR) is 101 cm³/mol. The van der Waals surface area contributed by atoms with Crippen molar-refractivity contribution in [2.45, 2.75) is 6.61 Å². The third-order valence-corrected chi connectivity index (χ3v) is 3.79. The summed E-state index contributed by atoms with van der Waals surface area (Å²) in [6, 6.07) is 21.2. The maximum Gasteiger partial charge on any atom is 0.161 e. The van der Waals surface area contributed by atoms with Crippen molar-refractivity contribution < 1.29 is 14.3 Å². The van der Waals surface area contributed by atoms with Crippen LogP contribution < -0.4 is 9.47 Å². The summed E-state index contributed by atoms with van der Waals surface area (Å²) in [5, 5.41) is 4.34. The number of hydrogen-bond acceptors (Lipinski definition) is 5. The van der Waals surface area contributed by atoms with Crippen LogP contribution >= 0.6 is 0 Å². The van der Waals surface area contributed by atoms with Gasteiger partial charge in [0.2, 0.25) is 0 Å². The first-order chi connectivity index (χ1) is 12.8. The summed E-state index contributed by atoms with van der Waals surface area (Å²) in [6.07, 6.45) is 1.74. The Morgan fingerprint density at radius 3 is 2.35 bits per heavy atom. The molecule has 3 rings (SSSR count). The Kier molecular flexibility index (Phi) is 5.83. The van der Waals surface area contributed by atoms with Gasteiger partial charge in [-0.1, -0.05) is 47.6 Å². The fraction of sp³-hybridized carbons (Fsp3) is 0.143. The van der Waals surface area contributed by atoms with Crippen LogP contribution in [0.25, 0.3) is 0 Å². The number of methoxy groups -OCH3 is 2. The van der Waals surface area contributed by atoms with E-state index in [1.807, 2.05) is 66.7 Å². The zero-order valence-electron chi connectivity index (χ0n) is 14.8. The molecule has 1 heterocycles. The molecule has 26 heavy (non-hydrogen) atoms. The first kappa shape index (κ1) is 17.5. The molecule has 132 valence electrons. The van der Waals surface area contributed by atoms with Crippen molar-refractivity contribution >= 4 is 5.71 Å². The highest BCUT2D eigenvalue weighted by Crippen LogP contribution is 2.27. The number of pyridine rings is 1. The average molecular weight is 348 g/mol. The highest BCUT2D eigenvalue weighted by atomic mass is 16.6. The molecule has 0 fully saturated rings. The topological polar surface area (TPSA) is 52.9 Å². The van der Waals surface area contributed by atoms with Crippen LogP contribution in [0.3, 0.4) is 0 Å². The molecule has 0 radical (unpaired) electrons. The molecule has 1 aromatic heterocycles. The van der Waals surface area contributed by atoms with Gasteiger partial charge in [-0.05, 0) is 29.8 Å². The van der Waals surface area contributed by atoms with Gasteiger partial charge in [0.05, 0.1) is 19.9 Å². The van der Waals surface area contributed by atoms with Crippen molar-refractivity contribution in [3.63, 3.8) is 0 Å². The van der Waals surface area contributed by atoms with Crippen molar-refractivity contribution in [3.05, 3.63) is 89.7 Å². The minimum Gasteiger partial charge on any atom is -0.493 e. The van der Waals surface area contributed by atoms with Crippen LogP contribution in [0.5, 0.6) is 11.5 Å². The third-order valence-electron chi connectivity index (χ3n) is 3.79. The van der Waals surface area contributed by atoms with E-state index in [0.29, 0.717) is 23.8 Å². The van der Waals surface area contributed by atoms with Crippen LogP contribution in [0.2, 0.25) is 0 Å². The lowest BCUT2D eigenvalue weighted by atomic mass is 10.1. The van der Waals surface area contributed by atoms with Gasteiger partial charge in [0.1, 0.15) is 12.3 Å². The van der Waals surface area contributed by atoms with Crippen molar-refractivity contribution in [1.29, 1.82) is 0 Å². The average Bonchev–Trinajstić information content (AvgIpc) is 2.72. The van der Waals surface area contributed by atoms with Crippen LogP contribution in [-0.2, 0) is 11.4 Å². The van der Waals surface area contributed by atoms with Crippen molar-refractivity contribution in [3.8, 4) is 11.5 Å². The Bertz CT molecular complexity index is 823. The van der Waals surface area contributed by atoms with E-state index >= 15 is 0 Å². The lowest BCUT2D eigenvalue weighted by Crippen LogP contribution is -2.06. The summed E-state index contributed by atoms with van der Waals surface area (Å²) < 4.78 is 10.6. The van der Waals surface area contributed by atoms with Gasteiger partial charge in [0.15, 0.2) is 11.5 Å². The van der Waals surface area contributed by atoms with Gasteiger partial charge in [-0.25, -0.2) is 0 Å². The van der Waals surface area contributed by atoms with Crippen molar-refractivity contribution in [2.75, 3.05) is 14.2 Å². The molecule has 0 saturated carbocycles. The molecule has 3 aromatic rings. The molecule has 0 N–H and O–H groups in total. The molecule has 5 nitrogen and oxygen atoms in total. The van der Waals surface area contributed by atoms with Gasteiger partial charge in [0, 0.05) is 11.8 Å². The van der Waals surface area contributed by atoms with Crippen LogP contribution in [-0.4, -0.2) is 24.9 Å². The Morgan fingerprint density at radius 1 is 0.885 bits per heavy atom. The molecule has 0 aliphatic carbocycles. The van der Waals surface area contributed by atoms with E-state index in [-0.39, 0.29) is 0 Å². The number of ether oxygens (including phenoxy) is 2. The largest absolute Gasteiger partial charge is 0.493 e. The van der Waals surface area contributed by atoms with Crippen LogP contribution in [0.15, 0.2) is 78.1 Å². The molecule has 0 amide bonds. The van der Waals surface area contributed by atoms with Crippen LogP contribution in [0.4, 0.5) is 0 Å². The normalized spacial score (nSPS) is 11.1. The molecule has 0 spiro atoms. The van der Waals surface area contributed by atoms with Gasteiger partial charge in [-0.2, -0.15) is 0 Å². The molecule has 0 bridgehead atoms. The van der Waals surface area contributed by atoms with Gasteiger partial charge in [-0.3, -0.25) is 4.98 Å². The molecule has 0 atom stereocenters. The maximum atomic E-state index is 5.62. The zero-order chi connectivity index (χ0) is 18.2. The standard InChI is InChI=1S/C21H20N2O3/c1-24-19-12-11-16(14-20(19)25-2)15-26-23-21(17-8-4-3-5-9-17)18-10-6-7-13-22-18/h3-14H,15H2,1-2H3. The molecule has 2 aromatic carbocycles. The van der Waals surface area contributed by atoms with Crippen LogP contribution in [0.1, 0.15) is 16.8 Å². The molecule has 5 heteroatoms. The van der Waals surface area contributed by atoms with E-state index in [9.17, 15) is 0 Å². The molecule has 0 saturated heterocycles. The fourth-order valence-electron chi connectivity index (χ4n) is 2.49. The Morgan fingerprint density at radius 2 is 1.65 bits per heavy atom. The van der Waals surface area contributed by atoms with Gasteiger partial charge in [-0.15, -0.1) is 0 Å². The lowest BCUT2D eigenvalue weighted by Gasteiger charge is -2.10. The Hall–Kier alpha value is -3.34. The van der Waals surface area contributed by atoms with Crippen LogP contribution in [0, 0.1) is 0 Å². The Balaban J connectivity index is 1.81. The summed E-state index contributed by atoms with van der Waals surface area (Å²) in [5.74, 6) is 1.34. The minimum absolute atomic E-state index is 0.309. The second-order valence-electron chi connectivity index (χ2n) is 5.48. The smallest absolute Gasteiger partial charge is 0.161 e. The number of oxime groups is 1. The van der Waals surface area contributed by atoms with E-state index < -0.39 is 0 Å². The highest BCUT2D eigenvalue weighted by Gasteiger charge is 2.09. The zero-order valence-corrected chi connectivity index (χ0v) is 14.8. The number of aromatic nitrogens is 1. The highest BCUT2D eigenvalue weighted by molar-refractivity contribution is 6.11. The first-order valence-electron chi connectivity index (χ1n) is 8.19. The number of hydrogen-bond donors (Lipinski definition) is 0. The Labute approximate surface area is 152 Å². The van der Waals surface area contributed by atoms with E-state index in [2.05, 4.69) is 10.1 Å². The summed E-state index contributed by atoms with van der Waals surface area (Å²) in [4.78, 5) is 10.00. The number of nitrogens with zero attached hydrogens (tertiary/aromatic N) is 2. The second kappa shape index (κ2) is 8.67. The molecular weight excluding hydrogens is 328 g/mol. The van der Waals surface area contributed by atoms with Crippen molar-refractivity contribution in [1.82, 2.24) is 4.98 Å². The van der Waals surface area contributed by atoms with Gasteiger partial charge in [0.25, 0.3) is 0 Å². The SMILES string of the molecule is COc1ccc(CON=C(c2ccccc2)c2ccccn2)cc1OC. The van der Waals surface area contributed by atoms with E-state index in [0.717, 1.165) is 16.8 Å². The van der Waals surface area contributed by atoms with E-state index in [1.165, 1.54) is 0 Å². The summed E-state index contributed by atoms with van der Waals surface area (Å²) in [7, 11) is 3.21. The van der Waals surface area contributed by atoms with Crippen molar-refractivity contribution in [2.24, 2.45) is 5.16 Å². The molecule has 0 unspecified atom stereocenters. The van der Waals surface area contributed by atoms with E-state index in [1.54, 1.807) is 20.4 Å². The summed E-state index contributed by atoms with van der Waals surface area (Å²) in [5.41, 5.74) is 3.32. The summed E-state index contributed by atoms with van der Waals surface area (Å²) >= 11 is 0. The quantitative estimate of drug-likeness (QED) is 0.477. The monoisotopic (exact) mass is 348 g/mol. The van der Waals surface area contributed by atoms with Gasteiger partial charge < -0.3 is 14.3 Å². The predicted octanol–water partition coefficient (Wildman–Crippen LogP) is 4.07. The first-order valence-corrected chi connectivity index (χ1v) is 8.19. The van der Waals surface area contributed by atoms with Gasteiger partial charge >= 0.3 is 0 Å². The summed E-state index contributed by atoms with van der Waals surface area (Å²) in [6.45, 7) is 0.309. The molecular formula is C21H20N2O3. The third kappa shape index (κ3) is 4.19. The molecule has 0 aliphatic heterocycles. The number of rotatable bonds is 7. The van der Waals surface area contributed by atoms with E-state index in [4.69, 9.17) is 14.3 Å². The fourth-order valence-corrected chi connectivity index (χ4v) is 2.49. The lowest BCUT2D eigenvalue weighted by molar-refractivity contribution is 0.130. The maximum absolute atomic E-state index is 5.62.